The summed E-state index contributed by atoms with van der Waals surface area (Å²) in [5, 5.41) is 12.4. The summed E-state index contributed by atoms with van der Waals surface area (Å²) in [6, 6.07) is 3.92. The number of anilines is 1. The molecule has 7 heteroatoms. The van der Waals surface area contributed by atoms with Gasteiger partial charge in [-0.1, -0.05) is 25.4 Å². The van der Waals surface area contributed by atoms with Crippen LogP contribution in [-0.4, -0.2) is 39.6 Å². The van der Waals surface area contributed by atoms with Crippen LogP contribution >= 0.6 is 11.6 Å². The van der Waals surface area contributed by atoms with Crippen molar-refractivity contribution in [2.45, 2.75) is 45.6 Å². The fourth-order valence-electron chi connectivity index (χ4n) is 3.27. The molecular formula is C17H24ClN5O. The average Bonchev–Trinajstić information content (AvgIpc) is 2.99. The van der Waals surface area contributed by atoms with E-state index in [0.717, 1.165) is 50.4 Å². The van der Waals surface area contributed by atoms with Crippen LogP contribution in [0.15, 0.2) is 18.3 Å². The van der Waals surface area contributed by atoms with Crippen molar-refractivity contribution >= 4 is 29.1 Å². The molecule has 6 nitrogen and oxygen atoms in total. The van der Waals surface area contributed by atoms with Gasteiger partial charge in [-0.05, 0) is 37.8 Å². The van der Waals surface area contributed by atoms with E-state index in [9.17, 15) is 4.79 Å². The summed E-state index contributed by atoms with van der Waals surface area (Å²) < 4.78 is 1.92. The predicted molar refractivity (Wildman–Crippen MR) is 95.4 cm³/mol. The van der Waals surface area contributed by atoms with E-state index < -0.39 is 0 Å². The number of nitrogens with zero attached hydrogens (tertiary/aromatic N) is 4. The normalized spacial score (nSPS) is 16.1. The van der Waals surface area contributed by atoms with Gasteiger partial charge in [0.1, 0.15) is 0 Å². The predicted octanol–water partition coefficient (Wildman–Crippen LogP) is 2.90. The largest absolute Gasteiger partial charge is 0.353 e. The highest BCUT2D eigenvalue weighted by atomic mass is 35.5. The molecule has 2 aromatic rings. The van der Waals surface area contributed by atoms with Gasteiger partial charge in [-0.15, -0.1) is 10.2 Å². The van der Waals surface area contributed by atoms with Crippen LogP contribution in [0.1, 0.15) is 39.5 Å². The van der Waals surface area contributed by atoms with Crippen LogP contribution in [0.3, 0.4) is 0 Å². The second-order valence-electron chi connectivity index (χ2n) is 6.36. The molecule has 0 unspecified atom stereocenters. The van der Waals surface area contributed by atoms with Gasteiger partial charge in [-0.3, -0.25) is 9.20 Å². The Morgan fingerprint density at radius 2 is 2.00 bits per heavy atom. The lowest BCUT2D eigenvalue weighted by atomic mass is 10.00. The van der Waals surface area contributed by atoms with Crippen molar-refractivity contribution in [3.8, 4) is 0 Å². The van der Waals surface area contributed by atoms with Gasteiger partial charge >= 0.3 is 0 Å². The third-order valence-electron chi connectivity index (χ3n) is 4.83. The van der Waals surface area contributed by atoms with Crippen LogP contribution in [0.25, 0.3) is 5.65 Å². The molecule has 0 aliphatic carbocycles. The summed E-state index contributed by atoms with van der Waals surface area (Å²) in [4.78, 5) is 14.4. The third kappa shape index (κ3) is 3.48. The standard InChI is InChI=1S/C17H24ClN5O/c1-3-12(4-2)16(24)19-14-7-9-22(10-8-14)17-21-20-15-6-5-13(18)11-23(15)17/h5-6,11-12,14H,3-4,7-10H2,1-2H3,(H,19,24). The van der Waals surface area contributed by atoms with E-state index in [-0.39, 0.29) is 17.9 Å². The molecule has 0 saturated carbocycles. The molecule has 1 fully saturated rings. The monoisotopic (exact) mass is 349 g/mol. The first-order valence-corrected chi connectivity index (χ1v) is 9.05. The highest BCUT2D eigenvalue weighted by Crippen LogP contribution is 2.21. The Labute approximate surface area is 147 Å². The fourth-order valence-corrected chi connectivity index (χ4v) is 3.43. The zero-order valence-corrected chi connectivity index (χ0v) is 15.0. The maximum absolute atomic E-state index is 12.2. The maximum Gasteiger partial charge on any atom is 0.231 e. The lowest BCUT2D eigenvalue weighted by molar-refractivity contribution is -0.126. The first-order valence-electron chi connectivity index (χ1n) is 8.68. The van der Waals surface area contributed by atoms with E-state index in [2.05, 4.69) is 34.3 Å². The first-order chi connectivity index (χ1) is 11.6. The Balaban J connectivity index is 1.62. The van der Waals surface area contributed by atoms with E-state index in [4.69, 9.17) is 11.6 Å². The molecular weight excluding hydrogens is 326 g/mol. The molecule has 1 amide bonds. The minimum Gasteiger partial charge on any atom is -0.353 e. The molecule has 130 valence electrons. The Morgan fingerprint density at radius 3 is 2.67 bits per heavy atom. The van der Waals surface area contributed by atoms with Gasteiger partial charge < -0.3 is 10.2 Å². The summed E-state index contributed by atoms with van der Waals surface area (Å²) >= 11 is 6.08. The molecule has 0 bridgehead atoms. The summed E-state index contributed by atoms with van der Waals surface area (Å²) in [6.07, 6.45) is 5.47. The van der Waals surface area contributed by atoms with Crippen molar-refractivity contribution in [1.82, 2.24) is 19.9 Å². The van der Waals surface area contributed by atoms with Gasteiger partial charge in [0.2, 0.25) is 11.9 Å². The molecule has 1 N–H and O–H groups in total. The first kappa shape index (κ1) is 17.0. The van der Waals surface area contributed by atoms with E-state index in [1.54, 1.807) is 0 Å². The smallest absolute Gasteiger partial charge is 0.231 e. The van der Waals surface area contributed by atoms with Crippen molar-refractivity contribution in [3.05, 3.63) is 23.4 Å². The second-order valence-corrected chi connectivity index (χ2v) is 6.80. The number of piperidine rings is 1. The van der Waals surface area contributed by atoms with Gasteiger partial charge in [-0.25, -0.2) is 0 Å². The highest BCUT2D eigenvalue weighted by molar-refractivity contribution is 6.30. The molecule has 2 aromatic heterocycles. The highest BCUT2D eigenvalue weighted by Gasteiger charge is 2.25. The molecule has 1 saturated heterocycles. The van der Waals surface area contributed by atoms with Crippen LogP contribution in [0.4, 0.5) is 5.95 Å². The number of nitrogens with one attached hydrogen (secondary N) is 1. The summed E-state index contributed by atoms with van der Waals surface area (Å²) in [5.41, 5.74) is 0.790. The number of amides is 1. The van der Waals surface area contributed by atoms with Crippen LogP contribution in [0.5, 0.6) is 0 Å². The fraction of sp³-hybridized carbons (Fsp3) is 0.588. The molecule has 0 radical (unpaired) electrons. The van der Waals surface area contributed by atoms with Gasteiger partial charge in [0.25, 0.3) is 0 Å². The number of hydrogen-bond acceptors (Lipinski definition) is 4. The maximum atomic E-state index is 12.2. The summed E-state index contributed by atoms with van der Waals surface area (Å²) in [6.45, 7) is 5.83. The van der Waals surface area contributed by atoms with E-state index in [0.29, 0.717) is 5.02 Å². The van der Waals surface area contributed by atoms with Gasteiger partial charge in [0.15, 0.2) is 5.65 Å². The van der Waals surface area contributed by atoms with Crippen LogP contribution in [0.2, 0.25) is 5.02 Å². The Bertz CT molecular complexity index is 704. The molecule has 3 rings (SSSR count). The van der Waals surface area contributed by atoms with Crippen molar-refractivity contribution < 1.29 is 4.79 Å². The van der Waals surface area contributed by atoms with Gasteiger partial charge in [0, 0.05) is 31.2 Å². The number of carbonyl (C=O) groups is 1. The number of hydrogen-bond donors (Lipinski definition) is 1. The van der Waals surface area contributed by atoms with Gasteiger partial charge in [0.05, 0.1) is 5.02 Å². The minimum absolute atomic E-state index is 0.130. The SMILES string of the molecule is CCC(CC)C(=O)NC1CCN(c2nnc3ccc(Cl)cn23)CC1. The number of carbonyl (C=O) groups excluding carboxylic acids is 1. The Morgan fingerprint density at radius 1 is 1.29 bits per heavy atom. The molecule has 1 aliphatic heterocycles. The molecule has 0 atom stereocenters. The molecule has 0 aromatic carbocycles. The quantitative estimate of drug-likeness (QED) is 0.901. The van der Waals surface area contributed by atoms with Crippen LogP contribution in [-0.2, 0) is 4.79 Å². The minimum atomic E-state index is 0.130. The lowest BCUT2D eigenvalue weighted by Crippen LogP contribution is -2.46. The molecule has 24 heavy (non-hydrogen) atoms. The number of aromatic nitrogens is 3. The molecule has 3 heterocycles. The lowest BCUT2D eigenvalue weighted by Gasteiger charge is -2.33. The van der Waals surface area contributed by atoms with Gasteiger partial charge in [-0.2, -0.15) is 0 Å². The van der Waals surface area contributed by atoms with Crippen LogP contribution in [0, 0.1) is 5.92 Å². The van der Waals surface area contributed by atoms with E-state index in [1.165, 1.54) is 0 Å². The number of rotatable bonds is 5. The van der Waals surface area contributed by atoms with E-state index >= 15 is 0 Å². The van der Waals surface area contributed by atoms with Crippen molar-refractivity contribution in [1.29, 1.82) is 0 Å². The zero-order chi connectivity index (χ0) is 17.1. The number of pyridine rings is 1. The third-order valence-corrected chi connectivity index (χ3v) is 5.05. The molecule has 1 aliphatic rings. The topological polar surface area (TPSA) is 62.5 Å². The van der Waals surface area contributed by atoms with Crippen molar-refractivity contribution in [3.63, 3.8) is 0 Å². The van der Waals surface area contributed by atoms with E-state index in [1.807, 2.05) is 22.7 Å². The van der Waals surface area contributed by atoms with Crippen LogP contribution < -0.4 is 10.2 Å². The number of fused-ring (bicyclic) bond motifs is 1. The summed E-state index contributed by atoms with van der Waals surface area (Å²) in [5.74, 6) is 1.14. The van der Waals surface area contributed by atoms with Crippen molar-refractivity contribution in [2.24, 2.45) is 5.92 Å². The Kier molecular flexibility index (Phi) is 5.23. The van der Waals surface area contributed by atoms with Crippen molar-refractivity contribution in [2.75, 3.05) is 18.0 Å². The summed E-state index contributed by atoms with van der Waals surface area (Å²) in [7, 11) is 0. The second kappa shape index (κ2) is 7.38. The zero-order valence-electron chi connectivity index (χ0n) is 14.2. The average molecular weight is 350 g/mol. The number of halogens is 1. The Hall–Kier alpha value is -1.82. The molecule has 0 spiro atoms.